The number of hydrogen-bond donors (Lipinski definition) is 4. The molecule has 0 atom stereocenters. The minimum absolute atomic E-state index is 0.0226. The van der Waals surface area contributed by atoms with Gasteiger partial charge in [0.1, 0.15) is 0 Å². The summed E-state index contributed by atoms with van der Waals surface area (Å²) in [7, 11) is 0. The van der Waals surface area contributed by atoms with Gasteiger partial charge < -0.3 is 16.0 Å². The Morgan fingerprint density at radius 1 is 0.769 bits per heavy atom. The highest BCUT2D eigenvalue weighted by atomic mass is 16.6. The molecule has 39 heavy (non-hydrogen) atoms. The zero-order valence-corrected chi connectivity index (χ0v) is 21.8. The summed E-state index contributed by atoms with van der Waals surface area (Å²) in [5.74, 6) is 0.510. The normalized spacial score (nSPS) is 11.0. The molecule has 0 spiro atoms. The highest BCUT2D eigenvalue weighted by Crippen LogP contribution is 2.22. The van der Waals surface area contributed by atoms with E-state index >= 15 is 0 Å². The summed E-state index contributed by atoms with van der Waals surface area (Å²) in [4.78, 5) is 35.1. The Bertz CT molecular complexity index is 1540. The summed E-state index contributed by atoms with van der Waals surface area (Å²) in [6.07, 6.45) is 0. The minimum Gasteiger partial charge on any atom is -0.326 e. The molecule has 0 radical (unpaired) electrons. The van der Waals surface area contributed by atoms with Crippen LogP contribution in [-0.4, -0.2) is 31.5 Å². The van der Waals surface area contributed by atoms with E-state index in [1.807, 2.05) is 51.1 Å². The second-order valence-electron chi connectivity index (χ2n) is 8.73. The summed E-state index contributed by atoms with van der Waals surface area (Å²) in [6, 6.07) is 19.1. The summed E-state index contributed by atoms with van der Waals surface area (Å²) in [5, 5.41) is 24.3. The van der Waals surface area contributed by atoms with Gasteiger partial charge in [-0.25, -0.2) is 5.43 Å². The van der Waals surface area contributed by atoms with Crippen LogP contribution in [0.15, 0.2) is 71.8 Å². The van der Waals surface area contributed by atoms with E-state index in [0.717, 1.165) is 22.4 Å². The monoisotopic (exact) mass is 525 g/mol. The predicted octanol–water partition coefficient (Wildman–Crippen LogP) is 5.68. The first-order valence-corrected chi connectivity index (χ1v) is 12.0. The fourth-order valence-corrected chi connectivity index (χ4v) is 3.48. The molecule has 0 saturated carbocycles. The molecule has 1 heterocycles. The Kier molecular flexibility index (Phi) is 8.05. The number of amides is 1. The third-order valence-electron chi connectivity index (χ3n) is 5.68. The van der Waals surface area contributed by atoms with Gasteiger partial charge in [-0.2, -0.15) is 20.1 Å². The van der Waals surface area contributed by atoms with Gasteiger partial charge in [-0.15, -0.1) is 0 Å². The van der Waals surface area contributed by atoms with E-state index in [0.29, 0.717) is 17.1 Å². The van der Waals surface area contributed by atoms with Gasteiger partial charge in [-0.1, -0.05) is 18.2 Å². The number of carbonyl (C=O) groups is 1. The Balaban J connectivity index is 1.59. The molecule has 4 rings (SSSR count). The lowest BCUT2D eigenvalue weighted by atomic mass is 10.1. The number of hydrogen-bond acceptors (Lipinski definition) is 10. The van der Waals surface area contributed by atoms with Crippen LogP contribution in [0.5, 0.6) is 0 Å². The molecular weight excluding hydrogens is 498 g/mol. The Labute approximate surface area is 224 Å². The van der Waals surface area contributed by atoms with Crippen LogP contribution in [0.25, 0.3) is 0 Å². The molecule has 0 aliphatic heterocycles. The molecule has 12 heteroatoms. The second-order valence-corrected chi connectivity index (χ2v) is 8.73. The maximum Gasteiger partial charge on any atom is 0.269 e. The average Bonchev–Trinajstić information content (AvgIpc) is 2.90. The number of nitro benzene ring substituents is 1. The quantitative estimate of drug-likeness (QED) is 0.122. The number of aryl methyl sites for hydroxylation is 2. The van der Waals surface area contributed by atoms with E-state index in [-0.39, 0.29) is 29.4 Å². The van der Waals surface area contributed by atoms with Crippen molar-refractivity contribution >= 4 is 52.2 Å². The van der Waals surface area contributed by atoms with Crippen molar-refractivity contribution in [3.63, 3.8) is 0 Å². The molecule has 198 valence electrons. The largest absolute Gasteiger partial charge is 0.326 e. The average molecular weight is 526 g/mol. The molecule has 4 N–H and O–H groups in total. The molecule has 1 aromatic heterocycles. The van der Waals surface area contributed by atoms with Crippen molar-refractivity contribution in [3.05, 3.63) is 93.5 Å². The summed E-state index contributed by atoms with van der Waals surface area (Å²) >= 11 is 0. The first kappa shape index (κ1) is 26.7. The van der Waals surface area contributed by atoms with E-state index in [1.54, 1.807) is 24.3 Å². The highest BCUT2D eigenvalue weighted by Gasteiger charge is 2.10. The minimum atomic E-state index is -0.464. The van der Waals surface area contributed by atoms with E-state index < -0.39 is 4.92 Å². The maximum absolute atomic E-state index is 11.2. The lowest BCUT2D eigenvalue weighted by Gasteiger charge is -2.11. The van der Waals surface area contributed by atoms with Gasteiger partial charge in [0.05, 0.1) is 10.6 Å². The fourth-order valence-electron chi connectivity index (χ4n) is 3.48. The van der Waals surface area contributed by atoms with Crippen LogP contribution in [0.3, 0.4) is 0 Å². The second kappa shape index (κ2) is 11.8. The number of aromatic nitrogens is 3. The number of non-ortho nitro benzene ring substituents is 1. The first-order valence-electron chi connectivity index (χ1n) is 12.0. The molecule has 3 aromatic carbocycles. The number of nitro groups is 1. The Hall–Kier alpha value is -5.39. The molecule has 0 saturated heterocycles. The zero-order valence-electron chi connectivity index (χ0n) is 21.8. The number of anilines is 6. The Morgan fingerprint density at radius 3 is 1.92 bits per heavy atom. The van der Waals surface area contributed by atoms with Gasteiger partial charge in [-0.05, 0) is 73.9 Å². The summed E-state index contributed by atoms with van der Waals surface area (Å²) in [5.41, 5.74) is 8.68. The number of nitrogens with one attached hydrogen (secondary N) is 4. The molecule has 0 aliphatic rings. The maximum atomic E-state index is 11.2. The Morgan fingerprint density at radius 2 is 1.33 bits per heavy atom. The van der Waals surface area contributed by atoms with Crippen LogP contribution in [0.4, 0.5) is 40.6 Å². The summed E-state index contributed by atoms with van der Waals surface area (Å²) < 4.78 is 0. The number of rotatable bonds is 9. The number of hydrazone groups is 1. The van der Waals surface area contributed by atoms with Crippen molar-refractivity contribution in [1.82, 2.24) is 15.0 Å². The van der Waals surface area contributed by atoms with Gasteiger partial charge in [0.2, 0.25) is 23.8 Å². The van der Waals surface area contributed by atoms with E-state index in [4.69, 9.17) is 0 Å². The topological polar surface area (TPSA) is 159 Å². The van der Waals surface area contributed by atoms with Crippen LogP contribution in [0.1, 0.15) is 30.5 Å². The predicted molar refractivity (Wildman–Crippen MR) is 152 cm³/mol. The van der Waals surface area contributed by atoms with E-state index in [2.05, 4.69) is 41.4 Å². The van der Waals surface area contributed by atoms with Gasteiger partial charge >= 0.3 is 0 Å². The zero-order chi connectivity index (χ0) is 27.9. The molecule has 4 aromatic rings. The van der Waals surface area contributed by atoms with Gasteiger partial charge in [0, 0.05) is 36.1 Å². The number of carbonyl (C=O) groups excluding carboxylic acids is 1. The van der Waals surface area contributed by atoms with Crippen LogP contribution >= 0.6 is 0 Å². The van der Waals surface area contributed by atoms with Crippen molar-refractivity contribution < 1.29 is 9.72 Å². The van der Waals surface area contributed by atoms with E-state index in [9.17, 15) is 14.9 Å². The smallest absolute Gasteiger partial charge is 0.269 e. The molecule has 0 aliphatic carbocycles. The SMILES string of the molecule is CC(=O)Nc1ccc(/C(C)=N/Nc2nc(Nc3ccc([N+](=O)[O-])cc3)nc(Nc3ccc(C)c(C)c3)n2)cc1. The van der Waals surface area contributed by atoms with Gasteiger partial charge in [-0.3, -0.25) is 14.9 Å². The molecule has 0 bridgehead atoms. The molecule has 0 fully saturated rings. The van der Waals surface area contributed by atoms with Crippen LogP contribution in [-0.2, 0) is 4.79 Å². The van der Waals surface area contributed by atoms with Gasteiger partial charge in [0.25, 0.3) is 5.69 Å². The van der Waals surface area contributed by atoms with E-state index in [1.165, 1.54) is 19.1 Å². The number of benzene rings is 3. The molecule has 1 amide bonds. The lowest BCUT2D eigenvalue weighted by molar-refractivity contribution is -0.384. The van der Waals surface area contributed by atoms with Crippen molar-refractivity contribution in [1.29, 1.82) is 0 Å². The number of nitrogens with zero attached hydrogens (tertiary/aromatic N) is 5. The molecule has 0 unspecified atom stereocenters. The van der Waals surface area contributed by atoms with Crippen LogP contribution in [0.2, 0.25) is 0 Å². The van der Waals surface area contributed by atoms with Crippen molar-refractivity contribution in [2.24, 2.45) is 5.10 Å². The van der Waals surface area contributed by atoms with Crippen molar-refractivity contribution in [2.45, 2.75) is 27.7 Å². The lowest BCUT2D eigenvalue weighted by Crippen LogP contribution is -2.09. The first-order chi connectivity index (χ1) is 18.7. The standard InChI is InChI=1S/C27H27N9O3/c1-16-5-8-23(15-17(16)2)30-26-31-25(29-22-11-13-24(14-12-22)36(38)39)32-27(33-26)35-34-18(3)20-6-9-21(10-7-20)28-19(4)37/h5-15H,1-4H3,(H,28,37)(H3,29,30,31,32,33,35)/b34-18+. The van der Waals surface area contributed by atoms with Crippen LogP contribution < -0.4 is 21.4 Å². The van der Waals surface area contributed by atoms with Gasteiger partial charge in [0.15, 0.2) is 0 Å². The fraction of sp³-hybridized carbons (Fsp3) is 0.148. The third kappa shape index (κ3) is 7.32. The molecule has 12 nitrogen and oxygen atoms in total. The third-order valence-corrected chi connectivity index (χ3v) is 5.68. The summed E-state index contributed by atoms with van der Waals surface area (Å²) in [6.45, 7) is 7.33. The highest BCUT2D eigenvalue weighted by molar-refractivity contribution is 5.99. The van der Waals surface area contributed by atoms with Crippen molar-refractivity contribution in [3.8, 4) is 0 Å². The van der Waals surface area contributed by atoms with Crippen molar-refractivity contribution in [2.75, 3.05) is 21.4 Å². The molecular formula is C27H27N9O3. The van der Waals surface area contributed by atoms with Crippen LogP contribution in [0, 0.1) is 24.0 Å².